The summed E-state index contributed by atoms with van der Waals surface area (Å²) in [5, 5.41) is 8.26. The predicted molar refractivity (Wildman–Crippen MR) is 37.8 cm³/mol. The van der Waals surface area contributed by atoms with E-state index in [0.717, 1.165) is 0 Å². The fourth-order valence-electron chi connectivity index (χ4n) is 1.02. The van der Waals surface area contributed by atoms with E-state index in [1.807, 2.05) is 6.92 Å². The van der Waals surface area contributed by atoms with Crippen LogP contribution in [0.5, 0.6) is 0 Å². The van der Waals surface area contributed by atoms with E-state index >= 15 is 0 Å². The Kier molecular flexibility index (Phi) is 2.62. The van der Waals surface area contributed by atoms with Crippen LogP contribution in [0.1, 0.15) is 13.3 Å². The Morgan fingerprint density at radius 1 is 1.73 bits per heavy atom. The molecule has 4 heteroatoms. The molecule has 0 saturated carbocycles. The molecule has 0 bridgehead atoms. The van der Waals surface area contributed by atoms with Crippen molar-refractivity contribution < 1.29 is 19.6 Å². The zero-order valence-electron chi connectivity index (χ0n) is 6.61. The van der Waals surface area contributed by atoms with Crippen molar-refractivity contribution in [2.45, 2.75) is 25.4 Å². The number of methoxy groups -OCH3 is 1. The molecule has 0 saturated heterocycles. The van der Waals surface area contributed by atoms with Crippen molar-refractivity contribution in [3.8, 4) is 0 Å². The Morgan fingerprint density at radius 2 is 2.45 bits per heavy atom. The van der Waals surface area contributed by atoms with Crippen molar-refractivity contribution in [1.29, 1.82) is 0 Å². The van der Waals surface area contributed by atoms with Crippen LogP contribution in [-0.2, 0) is 14.4 Å². The molecule has 1 N–H and O–H groups in total. The summed E-state index contributed by atoms with van der Waals surface area (Å²) < 4.78 is 10.3. The van der Waals surface area contributed by atoms with Gasteiger partial charge in [0.25, 0.3) is 0 Å². The summed E-state index contributed by atoms with van der Waals surface area (Å²) in [6.45, 7) is 1.92. The van der Waals surface area contributed by atoms with Gasteiger partial charge in [0.15, 0.2) is 5.79 Å². The van der Waals surface area contributed by atoms with Crippen LogP contribution in [0.15, 0.2) is 12.2 Å². The van der Waals surface area contributed by atoms with Crippen LogP contribution in [0.4, 0.5) is 0 Å². The van der Waals surface area contributed by atoms with Crippen LogP contribution in [0.2, 0.25) is 0 Å². The smallest absolute Gasteiger partial charge is 0.213 e. The summed E-state index contributed by atoms with van der Waals surface area (Å²) in [4.78, 5) is 3.98. The van der Waals surface area contributed by atoms with Gasteiger partial charge in [0.1, 0.15) is 0 Å². The molecular weight excluding hydrogens is 148 g/mol. The second kappa shape index (κ2) is 3.32. The molecule has 1 heterocycles. The summed E-state index contributed by atoms with van der Waals surface area (Å²) in [6.07, 6.45) is 3.32. The van der Waals surface area contributed by atoms with E-state index < -0.39 is 12.1 Å². The van der Waals surface area contributed by atoms with E-state index in [9.17, 15) is 0 Å². The van der Waals surface area contributed by atoms with Gasteiger partial charge in [0.05, 0.1) is 0 Å². The van der Waals surface area contributed by atoms with Gasteiger partial charge in [0, 0.05) is 13.5 Å². The van der Waals surface area contributed by atoms with Gasteiger partial charge in [-0.25, -0.2) is 10.1 Å². The van der Waals surface area contributed by atoms with E-state index in [2.05, 4.69) is 4.89 Å². The minimum atomic E-state index is -0.715. The molecule has 64 valence electrons. The minimum Gasteiger partial charge on any atom is -0.350 e. The molecule has 0 amide bonds. The Morgan fingerprint density at radius 3 is 2.73 bits per heavy atom. The molecule has 1 rings (SSSR count). The van der Waals surface area contributed by atoms with Crippen molar-refractivity contribution in [1.82, 2.24) is 0 Å². The van der Waals surface area contributed by atoms with Crippen LogP contribution in [0.25, 0.3) is 0 Å². The SMILES string of the molecule is CC[C@]1(OC)C=C[C@@H](OO)O1. The lowest BCUT2D eigenvalue weighted by molar-refractivity contribution is -0.362. The van der Waals surface area contributed by atoms with Crippen molar-refractivity contribution >= 4 is 0 Å². The van der Waals surface area contributed by atoms with E-state index in [0.29, 0.717) is 6.42 Å². The molecule has 0 radical (unpaired) electrons. The average molecular weight is 160 g/mol. The monoisotopic (exact) mass is 160 g/mol. The molecule has 0 aromatic rings. The number of rotatable bonds is 3. The molecule has 0 aromatic heterocycles. The zero-order chi connectivity index (χ0) is 8.32. The van der Waals surface area contributed by atoms with Crippen LogP contribution in [0.3, 0.4) is 0 Å². The molecule has 0 unspecified atom stereocenters. The molecule has 1 aliphatic rings. The van der Waals surface area contributed by atoms with Crippen LogP contribution < -0.4 is 0 Å². The minimum absolute atomic E-state index is 0.680. The largest absolute Gasteiger partial charge is 0.350 e. The fourth-order valence-corrected chi connectivity index (χ4v) is 1.02. The molecule has 0 aliphatic carbocycles. The third-order valence-corrected chi connectivity index (χ3v) is 1.77. The van der Waals surface area contributed by atoms with Gasteiger partial charge in [-0.2, -0.15) is 0 Å². The quantitative estimate of drug-likeness (QED) is 0.382. The topological polar surface area (TPSA) is 47.9 Å². The molecule has 4 nitrogen and oxygen atoms in total. The maximum absolute atomic E-state index is 8.26. The third-order valence-electron chi connectivity index (χ3n) is 1.77. The highest BCUT2D eigenvalue weighted by Crippen LogP contribution is 2.27. The Balaban J connectivity index is 2.57. The standard InChI is InChI=1S/C7H12O4/c1-3-7(9-2)5-4-6(10-7)11-8/h4-6,8H,3H2,1-2H3/t6-,7-/m1/s1. The molecule has 0 spiro atoms. The van der Waals surface area contributed by atoms with E-state index in [4.69, 9.17) is 14.7 Å². The fraction of sp³-hybridized carbons (Fsp3) is 0.714. The molecule has 1 aliphatic heterocycles. The van der Waals surface area contributed by atoms with Crippen molar-refractivity contribution in [2.24, 2.45) is 0 Å². The van der Waals surface area contributed by atoms with E-state index in [-0.39, 0.29) is 0 Å². The molecule has 11 heavy (non-hydrogen) atoms. The predicted octanol–water partition coefficient (Wildman–Crippen LogP) is 1.14. The van der Waals surface area contributed by atoms with Crippen LogP contribution >= 0.6 is 0 Å². The lowest BCUT2D eigenvalue weighted by Gasteiger charge is -2.24. The third kappa shape index (κ3) is 1.59. The summed E-state index contributed by atoms with van der Waals surface area (Å²) in [6, 6.07) is 0. The normalized spacial score (nSPS) is 36.5. The molecule has 0 fully saturated rings. The molecule has 0 aromatic carbocycles. The summed E-state index contributed by atoms with van der Waals surface area (Å²) in [5.41, 5.74) is 0. The van der Waals surface area contributed by atoms with Gasteiger partial charge >= 0.3 is 0 Å². The first-order valence-electron chi connectivity index (χ1n) is 3.49. The number of ether oxygens (including phenoxy) is 2. The highest BCUT2D eigenvalue weighted by molar-refractivity contribution is 5.03. The first-order valence-corrected chi connectivity index (χ1v) is 3.49. The Labute approximate surface area is 65.3 Å². The van der Waals surface area contributed by atoms with Crippen molar-refractivity contribution in [3.63, 3.8) is 0 Å². The second-order valence-corrected chi connectivity index (χ2v) is 2.32. The van der Waals surface area contributed by atoms with Crippen LogP contribution in [0, 0.1) is 0 Å². The maximum atomic E-state index is 8.26. The van der Waals surface area contributed by atoms with Gasteiger partial charge < -0.3 is 9.47 Å². The molecule has 2 atom stereocenters. The molecular formula is C7H12O4. The first kappa shape index (κ1) is 8.67. The maximum Gasteiger partial charge on any atom is 0.213 e. The van der Waals surface area contributed by atoms with Gasteiger partial charge in [0.2, 0.25) is 6.29 Å². The average Bonchev–Trinajstić information content (AvgIpc) is 2.49. The van der Waals surface area contributed by atoms with Crippen molar-refractivity contribution in [3.05, 3.63) is 12.2 Å². The lowest BCUT2D eigenvalue weighted by atomic mass is 10.2. The lowest BCUT2D eigenvalue weighted by Crippen LogP contribution is -2.31. The summed E-state index contributed by atoms with van der Waals surface area (Å²) >= 11 is 0. The first-order chi connectivity index (χ1) is 5.26. The van der Waals surface area contributed by atoms with E-state index in [1.54, 1.807) is 19.3 Å². The van der Waals surface area contributed by atoms with Gasteiger partial charge in [-0.05, 0) is 12.2 Å². The second-order valence-electron chi connectivity index (χ2n) is 2.32. The number of hydrogen-bond acceptors (Lipinski definition) is 4. The van der Waals surface area contributed by atoms with Crippen LogP contribution in [-0.4, -0.2) is 24.4 Å². The van der Waals surface area contributed by atoms with Gasteiger partial charge in [-0.3, -0.25) is 0 Å². The van der Waals surface area contributed by atoms with Gasteiger partial charge in [-0.15, -0.1) is 0 Å². The highest BCUT2D eigenvalue weighted by atomic mass is 17.1. The van der Waals surface area contributed by atoms with Crippen molar-refractivity contribution in [2.75, 3.05) is 7.11 Å². The van der Waals surface area contributed by atoms with Gasteiger partial charge in [-0.1, -0.05) is 6.92 Å². The summed E-state index contributed by atoms with van der Waals surface area (Å²) in [7, 11) is 1.55. The Hall–Kier alpha value is -0.420. The highest BCUT2D eigenvalue weighted by Gasteiger charge is 2.34. The Bertz CT molecular complexity index is 151. The zero-order valence-corrected chi connectivity index (χ0v) is 6.61. The summed E-state index contributed by atoms with van der Waals surface area (Å²) in [5.74, 6) is -0.715. The number of hydrogen-bond donors (Lipinski definition) is 1. The van der Waals surface area contributed by atoms with E-state index in [1.165, 1.54) is 0 Å².